The summed E-state index contributed by atoms with van der Waals surface area (Å²) in [4.78, 5) is 20.5. The first-order valence-corrected chi connectivity index (χ1v) is 8.50. The molecule has 2 aromatic carbocycles. The van der Waals surface area contributed by atoms with Gasteiger partial charge in [-0.3, -0.25) is 0 Å². The van der Waals surface area contributed by atoms with Crippen molar-refractivity contribution in [1.29, 1.82) is 0 Å². The zero-order chi connectivity index (χ0) is 17.4. The molecule has 6 nitrogen and oxygen atoms in total. The fourth-order valence-electron chi connectivity index (χ4n) is 2.35. The molecule has 0 aliphatic heterocycles. The molecule has 2 aromatic heterocycles. The number of fused-ring (bicyclic) bond motifs is 1. The fourth-order valence-corrected chi connectivity index (χ4v) is 3.50. The molecule has 0 aliphatic carbocycles. The lowest BCUT2D eigenvalue weighted by molar-refractivity contribution is 0.0697. The summed E-state index contributed by atoms with van der Waals surface area (Å²) in [6.45, 7) is 0. The van der Waals surface area contributed by atoms with E-state index in [0.29, 0.717) is 11.0 Å². The lowest BCUT2D eigenvalue weighted by Crippen LogP contribution is -1.97. The average Bonchev–Trinajstić information content (AvgIpc) is 3.22. The molecule has 0 unspecified atom stereocenters. The number of H-pyrrole nitrogens is 1. The smallest absolute Gasteiger partial charge is 0.338 e. The van der Waals surface area contributed by atoms with Crippen molar-refractivity contribution in [2.24, 2.45) is 0 Å². The fraction of sp³-hybridized carbons (Fsp3) is 0. The number of carboxylic acids is 1. The average molecular weight is 371 g/mol. The highest BCUT2D eigenvalue weighted by Gasteiger charge is 2.12. The second kappa shape index (κ2) is 6.27. The van der Waals surface area contributed by atoms with Crippen LogP contribution < -0.4 is 0 Å². The third-order valence-corrected chi connectivity index (χ3v) is 5.03. The normalized spacial score (nSPS) is 11.1. The molecule has 4 rings (SSSR count). The van der Waals surface area contributed by atoms with Crippen LogP contribution in [-0.2, 0) is 0 Å². The SMILES string of the molecule is O=C(O)c1cnn(-c2nc3cc(Sc4ccccc4)c(Cl)cc3[nH]2)c1. The zero-order valence-corrected chi connectivity index (χ0v) is 14.3. The van der Waals surface area contributed by atoms with E-state index in [1.807, 2.05) is 36.4 Å². The summed E-state index contributed by atoms with van der Waals surface area (Å²) in [5.74, 6) is -0.604. The van der Waals surface area contributed by atoms with E-state index in [1.54, 1.807) is 17.8 Å². The summed E-state index contributed by atoms with van der Waals surface area (Å²) in [6.07, 6.45) is 2.68. The number of aromatic amines is 1. The number of nitrogens with zero attached hydrogens (tertiary/aromatic N) is 3. The number of aromatic nitrogens is 4. The van der Waals surface area contributed by atoms with Gasteiger partial charge < -0.3 is 10.1 Å². The molecule has 0 atom stereocenters. The molecule has 8 heteroatoms. The van der Waals surface area contributed by atoms with Gasteiger partial charge in [-0.15, -0.1) is 0 Å². The van der Waals surface area contributed by atoms with E-state index in [2.05, 4.69) is 15.1 Å². The Morgan fingerprint density at radius 1 is 1.24 bits per heavy atom. The Kier molecular flexibility index (Phi) is 3.95. The predicted octanol–water partition coefficient (Wildman–Crippen LogP) is 4.25. The number of imidazole rings is 1. The predicted molar refractivity (Wildman–Crippen MR) is 95.8 cm³/mol. The summed E-state index contributed by atoms with van der Waals surface area (Å²) >= 11 is 7.94. The number of benzene rings is 2. The minimum atomic E-state index is -1.04. The van der Waals surface area contributed by atoms with Gasteiger partial charge in [-0.2, -0.15) is 5.10 Å². The van der Waals surface area contributed by atoms with Crippen molar-refractivity contribution in [2.75, 3.05) is 0 Å². The highest BCUT2D eigenvalue weighted by atomic mass is 35.5. The van der Waals surface area contributed by atoms with Gasteiger partial charge >= 0.3 is 5.97 Å². The van der Waals surface area contributed by atoms with Crippen molar-refractivity contribution in [1.82, 2.24) is 19.7 Å². The van der Waals surface area contributed by atoms with E-state index in [9.17, 15) is 4.79 Å². The van der Waals surface area contributed by atoms with Crippen molar-refractivity contribution in [3.8, 4) is 5.95 Å². The Hall–Kier alpha value is -2.77. The largest absolute Gasteiger partial charge is 0.478 e. The number of carboxylic acid groups (broad SMARTS) is 1. The molecule has 2 N–H and O–H groups in total. The Morgan fingerprint density at radius 2 is 2.04 bits per heavy atom. The summed E-state index contributed by atoms with van der Waals surface area (Å²) in [5.41, 5.74) is 1.58. The molecule has 0 aliphatic rings. The van der Waals surface area contributed by atoms with Crippen LogP contribution in [0.5, 0.6) is 0 Å². The minimum absolute atomic E-state index is 0.0961. The number of hydrogen-bond acceptors (Lipinski definition) is 4. The van der Waals surface area contributed by atoms with Gasteiger partial charge in [-0.05, 0) is 24.3 Å². The molecular weight excluding hydrogens is 360 g/mol. The van der Waals surface area contributed by atoms with Crippen LogP contribution in [-0.4, -0.2) is 30.8 Å². The number of halogens is 1. The van der Waals surface area contributed by atoms with Gasteiger partial charge in [0.25, 0.3) is 0 Å². The molecule has 25 heavy (non-hydrogen) atoms. The van der Waals surface area contributed by atoms with Crippen molar-refractivity contribution in [3.05, 3.63) is 65.4 Å². The first kappa shape index (κ1) is 15.7. The van der Waals surface area contributed by atoms with Crippen molar-refractivity contribution < 1.29 is 9.90 Å². The molecule has 0 saturated heterocycles. The number of carbonyl (C=O) groups is 1. The molecule has 124 valence electrons. The maximum absolute atomic E-state index is 11.0. The number of hydrogen-bond donors (Lipinski definition) is 2. The third kappa shape index (κ3) is 3.11. The van der Waals surface area contributed by atoms with Crippen LogP contribution in [0.4, 0.5) is 0 Å². The summed E-state index contributed by atoms with van der Waals surface area (Å²) in [7, 11) is 0. The van der Waals surface area contributed by atoms with E-state index >= 15 is 0 Å². The molecular formula is C17H11ClN4O2S. The van der Waals surface area contributed by atoms with Crippen LogP contribution in [0.1, 0.15) is 10.4 Å². The Balaban J connectivity index is 1.72. The van der Waals surface area contributed by atoms with Crippen molar-refractivity contribution in [2.45, 2.75) is 9.79 Å². The second-order valence-corrected chi connectivity index (χ2v) is 6.78. The lowest BCUT2D eigenvalue weighted by Gasteiger charge is -2.03. The van der Waals surface area contributed by atoms with Crippen LogP contribution in [0.2, 0.25) is 5.02 Å². The van der Waals surface area contributed by atoms with Crippen molar-refractivity contribution in [3.63, 3.8) is 0 Å². The number of aromatic carboxylic acids is 1. The van der Waals surface area contributed by atoms with Crippen LogP contribution in [0, 0.1) is 0 Å². The maximum atomic E-state index is 11.0. The highest BCUT2D eigenvalue weighted by molar-refractivity contribution is 7.99. The topological polar surface area (TPSA) is 83.8 Å². The third-order valence-electron chi connectivity index (χ3n) is 3.54. The van der Waals surface area contributed by atoms with Gasteiger partial charge in [0.2, 0.25) is 5.95 Å². The van der Waals surface area contributed by atoms with Gasteiger partial charge in [0.15, 0.2) is 0 Å². The van der Waals surface area contributed by atoms with Crippen molar-refractivity contribution >= 4 is 40.4 Å². The lowest BCUT2D eigenvalue weighted by atomic mass is 10.3. The van der Waals surface area contributed by atoms with Crippen LogP contribution in [0.3, 0.4) is 0 Å². The van der Waals surface area contributed by atoms with Crippen LogP contribution in [0.25, 0.3) is 17.0 Å². The van der Waals surface area contributed by atoms with Crippen LogP contribution in [0.15, 0.2) is 64.6 Å². The quantitative estimate of drug-likeness (QED) is 0.561. The molecule has 0 radical (unpaired) electrons. The molecule has 0 fully saturated rings. The summed E-state index contributed by atoms with van der Waals surface area (Å²) < 4.78 is 1.39. The first-order valence-electron chi connectivity index (χ1n) is 7.30. The minimum Gasteiger partial charge on any atom is -0.478 e. The first-order chi connectivity index (χ1) is 12.1. The molecule has 0 bridgehead atoms. The summed E-state index contributed by atoms with van der Waals surface area (Å²) in [6, 6.07) is 13.6. The zero-order valence-electron chi connectivity index (χ0n) is 12.7. The van der Waals surface area contributed by atoms with E-state index in [-0.39, 0.29) is 5.56 Å². The maximum Gasteiger partial charge on any atom is 0.338 e. The highest BCUT2D eigenvalue weighted by Crippen LogP contribution is 2.35. The van der Waals surface area contributed by atoms with E-state index < -0.39 is 5.97 Å². The molecule has 0 spiro atoms. The second-order valence-electron chi connectivity index (χ2n) is 5.25. The molecule has 0 amide bonds. The Bertz CT molecular complexity index is 1070. The molecule has 2 heterocycles. The monoisotopic (exact) mass is 370 g/mol. The van der Waals surface area contributed by atoms with Gasteiger partial charge in [0, 0.05) is 16.0 Å². The number of nitrogens with one attached hydrogen (secondary N) is 1. The van der Waals surface area contributed by atoms with Gasteiger partial charge in [0.1, 0.15) is 0 Å². The standard InChI is InChI=1S/C17H11ClN4O2S/c18-12-6-13-14(7-15(12)25-11-4-2-1-3-5-11)21-17(20-13)22-9-10(8-19-22)16(23)24/h1-9H,(H,20,21)(H,23,24). The number of rotatable bonds is 4. The van der Waals surface area contributed by atoms with E-state index in [1.165, 1.54) is 17.1 Å². The van der Waals surface area contributed by atoms with Gasteiger partial charge in [0.05, 0.1) is 27.8 Å². The van der Waals surface area contributed by atoms with Gasteiger partial charge in [-0.25, -0.2) is 14.5 Å². The van der Waals surface area contributed by atoms with Crippen LogP contribution >= 0.6 is 23.4 Å². The van der Waals surface area contributed by atoms with Gasteiger partial charge in [-0.1, -0.05) is 41.6 Å². The summed E-state index contributed by atoms with van der Waals surface area (Å²) in [5, 5.41) is 13.6. The Morgan fingerprint density at radius 3 is 2.76 bits per heavy atom. The molecule has 0 saturated carbocycles. The van der Waals surface area contributed by atoms with E-state index in [0.717, 1.165) is 20.8 Å². The Labute approximate surface area is 151 Å². The van der Waals surface area contributed by atoms with E-state index in [4.69, 9.17) is 16.7 Å². The molecule has 4 aromatic rings.